The molecular formula is C23H48N2O. The molecule has 0 spiro atoms. The predicted octanol–water partition coefficient (Wildman–Crippen LogP) is 7.04. The van der Waals surface area contributed by atoms with Gasteiger partial charge in [0.15, 0.2) is 0 Å². The monoisotopic (exact) mass is 368 g/mol. The predicted molar refractivity (Wildman–Crippen MR) is 115 cm³/mol. The molecular weight excluding hydrogens is 320 g/mol. The van der Waals surface area contributed by atoms with Crippen molar-refractivity contribution in [3.8, 4) is 0 Å². The Labute approximate surface area is 164 Å². The van der Waals surface area contributed by atoms with E-state index in [1.54, 1.807) is 0 Å². The number of nitrogens with one attached hydrogen (secondary N) is 1. The van der Waals surface area contributed by atoms with Gasteiger partial charge in [-0.3, -0.25) is 10.2 Å². The largest absolute Gasteiger partial charge is 0.294 e. The average molecular weight is 369 g/mol. The standard InChI is InChI=1S/C23H48N2O/c1-4-7-10-12-14-17-20-23(22(26)25-24,19-16-9-6-3)21-18-15-13-11-8-5-2/h4-21,24H2,1-3H3,(H,25,26). The Balaban J connectivity index is 4.58. The fourth-order valence-electron chi connectivity index (χ4n) is 4.07. The maximum Gasteiger partial charge on any atom is 0.240 e. The highest BCUT2D eigenvalue weighted by molar-refractivity contribution is 5.81. The summed E-state index contributed by atoms with van der Waals surface area (Å²) < 4.78 is 0. The van der Waals surface area contributed by atoms with Crippen LogP contribution in [0.3, 0.4) is 0 Å². The fraction of sp³-hybridized carbons (Fsp3) is 0.957. The summed E-state index contributed by atoms with van der Waals surface area (Å²) in [5, 5.41) is 0. The molecule has 0 heterocycles. The summed E-state index contributed by atoms with van der Waals surface area (Å²) >= 11 is 0. The molecule has 0 fully saturated rings. The van der Waals surface area contributed by atoms with E-state index in [0.717, 1.165) is 25.7 Å². The second-order valence-electron chi connectivity index (χ2n) is 8.25. The van der Waals surface area contributed by atoms with E-state index in [9.17, 15) is 4.79 Å². The van der Waals surface area contributed by atoms with Crippen LogP contribution in [0.5, 0.6) is 0 Å². The van der Waals surface area contributed by atoms with Crippen molar-refractivity contribution in [2.75, 3.05) is 0 Å². The molecule has 3 heteroatoms. The van der Waals surface area contributed by atoms with Gasteiger partial charge in [-0.15, -0.1) is 0 Å². The number of hydrazine groups is 1. The van der Waals surface area contributed by atoms with Crippen molar-refractivity contribution < 1.29 is 4.79 Å². The molecule has 0 aromatic carbocycles. The van der Waals surface area contributed by atoms with E-state index in [2.05, 4.69) is 26.2 Å². The molecule has 0 aliphatic carbocycles. The van der Waals surface area contributed by atoms with E-state index < -0.39 is 0 Å². The van der Waals surface area contributed by atoms with E-state index >= 15 is 0 Å². The Morgan fingerprint density at radius 1 is 0.615 bits per heavy atom. The molecule has 156 valence electrons. The van der Waals surface area contributed by atoms with Crippen LogP contribution in [0.1, 0.15) is 136 Å². The molecule has 0 atom stereocenters. The number of amides is 1. The first-order valence-corrected chi connectivity index (χ1v) is 11.7. The summed E-state index contributed by atoms with van der Waals surface area (Å²) in [6, 6.07) is 0. The Morgan fingerprint density at radius 3 is 1.31 bits per heavy atom. The zero-order valence-electron chi connectivity index (χ0n) is 18.2. The van der Waals surface area contributed by atoms with Crippen molar-refractivity contribution in [3.05, 3.63) is 0 Å². The first kappa shape index (κ1) is 25.4. The molecule has 3 nitrogen and oxygen atoms in total. The van der Waals surface area contributed by atoms with Crippen LogP contribution in [0.25, 0.3) is 0 Å². The van der Waals surface area contributed by atoms with E-state index in [0.29, 0.717) is 0 Å². The maximum absolute atomic E-state index is 12.7. The van der Waals surface area contributed by atoms with Crippen LogP contribution in [0.4, 0.5) is 0 Å². The normalized spacial score (nSPS) is 11.7. The van der Waals surface area contributed by atoms with Crippen molar-refractivity contribution in [1.82, 2.24) is 5.43 Å². The van der Waals surface area contributed by atoms with Gasteiger partial charge in [-0.1, -0.05) is 117 Å². The SMILES string of the molecule is CCCCCCCCC(CCCCC)(CCCCCCCC)C(=O)NN. The van der Waals surface area contributed by atoms with Gasteiger partial charge in [-0.05, 0) is 19.3 Å². The molecule has 1 amide bonds. The molecule has 3 N–H and O–H groups in total. The minimum absolute atomic E-state index is 0.0933. The number of hydrogen-bond acceptors (Lipinski definition) is 2. The summed E-state index contributed by atoms with van der Waals surface area (Å²) in [7, 11) is 0. The first-order valence-electron chi connectivity index (χ1n) is 11.7. The molecule has 0 saturated heterocycles. The van der Waals surface area contributed by atoms with Gasteiger partial charge in [-0.2, -0.15) is 0 Å². The lowest BCUT2D eigenvalue weighted by molar-refractivity contribution is -0.132. The van der Waals surface area contributed by atoms with Crippen LogP contribution in [0.15, 0.2) is 0 Å². The van der Waals surface area contributed by atoms with Crippen molar-refractivity contribution in [2.45, 2.75) is 136 Å². The second kappa shape index (κ2) is 17.8. The molecule has 0 rings (SSSR count). The molecule has 0 aliphatic heterocycles. The molecule has 0 bridgehead atoms. The molecule has 0 unspecified atom stereocenters. The number of rotatable bonds is 19. The Morgan fingerprint density at radius 2 is 0.923 bits per heavy atom. The van der Waals surface area contributed by atoms with Gasteiger partial charge in [-0.25, -0.2) is 5.84 Å². The highest BCUT2D eigenvalue weighted by Crippen LogP contribution is 2.37. The van der Waals surface area contributed by atoms with Crippen molar-refractivity contribution >= 4 is 5.91 Å². The maximum atomic E-state index is 12.7. The molecule has 0 saturated carbocycles. The highest BCUT2D eigenvalue weighted by atomic mass is 16.2. The molecule has 26 heavy (non-hydrogen) atoms. The quantitative estimate of drug-likeness (QED) is 0.111. The lowest BCUT2D eigenvalue weighted by Gasteiger charge is -2.32. The third kappa shape index (κ3) is 11.9. The van der Waals surface area contributed by atoms with Crippen LogP contribution in [0.2, 0.25) is 0 Å². The molecule has 0 aromatic rings. The summed E-state index contributed by atoms with van der Waals surface area (Å²) in [6.45, 7) is 6.74. The van der Waals surface area contributed by atoms with Gasteiger partial charge in [0.05, 0.1) is 5.41 Å². The number of hydrogen-bond donors (Lipinski definition) is 2. The minimum Gasteiger partial charge on any atom is -0.294 e. The van der Waals surface area contributed by atoms with E-state index in [1.807, 2.05) is 0 Å². The van der Waals surface area contributed by atoms with Crippen LogP contribution in [-0.4, -0.2) is 5.91 Å². The van der Waals surface area contributed by atoms with Crippen molar-refractivity contribution in [1.29, 1.82) is 0 Å². The summed E-state index contributed by atoms with van der Waals surface area (Å²) in [5.41, 5.74) is 2.29. The molecule has 0 radical (unpaired) electrons. The lowest BCUT2D eigenvalue weighted by Crippen LogP contribution is -2.44. The van der Waals surface area contributed by atoms with Crippen molar-refractivity contribution in [2.24, 2.45) is 11.3 Å². The highest BCUT2D eigenvalue weighted by Gasteiger charge is 2.36. The number of nitrogens with two attached hydrogens (primary N) is 1. The molecule has 0 aromatic heterocycles. The van der Waals surface area contributed by atoms with Gasteiger partial charge < -0.3 is 0 Å². The third-order valence-electron chi connectivity index (χ3n) is 5.89. The fourth-order valence-corrected chi connectivity index (χ4v) is 4.07. The van der Waals surface area contributed by atoms with Gasteiger partial charge in [0.1, 0.15) is 0 Å². The van der Waals surface area contributed by atoms with Gasteiger partial charge in [0.25, 0.3) is 0 Å². The van der Waals surface area contributed by atoms with Crippen LogP contribution < -0.4 is 11.3 Å². The first-order chi connectivity index (χ1) is 12.7. The lowest BCUT2D eigenvalue weighted by atomic mass is 9.73. The zero-order valence-corrected chi connectivity index (χ0v) is 18.2. The van der Waals surface area contributed by atoms with Crippen LogP contribution in [-0.2, 0) is 4.79 Å². The van der Waals surface area contributed by atoms with Gasteiger partial charge >= 0.3 is 0 Å². The number of unbranched alkanes of at least 4 members (excludes halogenated alkanes) is 12. The second-order valence-corrected chi connectivity index (χ2v) is 8.25. The Kier molecular flexibility index (Phi) is 17.4. The molecule has 0 aliphatic rings. The minimum atomic E-state index is -0.223. The topological polar surface area (TPSA) is 55.1 Å². The summed E-state index contributed by atoms with van der Waals surface area (Å²) in [5.74, 6) is 5.70. The number of carbonyl (C=O) groups is 1. The summed E-state index contributed by atoms with van der Waals surface area (Å²) in [4.78, 5) is 12.7. The Bertz CT molecular complexity index is 301. The van der Waals surface area contributed by atoms with Gasteiger partial charge in [0, 0.05) is 0 Å². The smallest absolute Gasteiger partial charge is 0.240 e. The van der Waals surface area contributed by atoms with E-state index in [4.69, 9.17) is 5.84 Å². The summed E-state index contributed by atoms with van der Waals surface area (Å²) in [6.07, 6.45) is 22.0. The van der Waals surface area contributed by atoms with E-state index in [1.165, 1.54) is 89.9 Å². The zero-order chi connectivity index (χ0) is 19.5. The average Bonchev–Trinajstić information content (AvgIpc) is 2.66. The van der Waals surface area contributed by atoms with Crippen molar-refractivity contribution in [3.63, 3.8) is 0 Å². The Hall–Kier alpha value is -0.570. The third-order valence-corrected chi connectivity index (χ3v) is 5.89. The van der Waals surface area contributed by atoms with Crippen LogP contribution >= 0.6 is 0 Å². The van der Waals surface area contributed by atoms with Crippen LogP contribution in [0, 0.1) is 5.41 Å². The number of carbonyl (C=O) groups excluding carboxylic acids is 1. The van der Waals surface area contributed by atoms with Gasteiger partial charge in [0.2, 0.25) is 5.91 Å². The van der Waals surface area contributed by atoms with E-state index in [-0.39, 0.29) is 11.3 Å².